The maximum absolute atomic E-state index is 11.8. The standard InChI is InChI=1S/C11H15N3O6/c1-6(2)8(16)20-5-4-13-9(17)12-10(18)14(7(3)15)11(13)19/h7,15H,1,4-5H2,2-3H3,(H,12,17,18). The van der Waals surface area contributed by atoms with Crippen molar-refractivity contribution in [3.63, 3.8) is 0 Å². The Bertz CT molecular complexity index is 693. The molecule has 0 spiro atoms. The summed E-state index contributed by atoms with van der Waals surface area (Å²) < 4.78 is 5.87. The van der Waals surface area contributed by atoms with Crippen molar-refractivity contribution in [2.75, 3.05) is 6.61 Å². The number of hydrogen-bond donors (Lipinski definition) is 2. The summed E-state index contributed by atoms with van der Waals surface area (Å²) in [6.07, 6.45) is -1.39. The van der Waals surface area contributed by atoms with Crippen LogP contribution in [-0.2, 0) is 16.1 Å². The van der Waals surface area contributed by atoms with Crippen LogP contribution in [0.3, 0.4) is 0 Å². The Kier molecular flexibility index (Phi) is 4.81. The van der Waals surface area contributed by atoms with Gasteiger partial charge in [0.25, 0.3) is 0 Å². The van der Waals surface area contributed by atoms with Gasteiger partial charge in [-0.1, -0.05) is 6.58 Å². The number of aliphatic hydroxyl groups excluding tert-OH is 1. The number of H-pyrrole nitrogens is 1. The number of nitrogens with one attached hydrogen (secondary N) is 1. The molecule has 1 aromatic heterocycles. The molecule has 20 heavy (non-hydrogen) atoms. The van der Waals surface area contributed by atoms with Gasteiger partial charge in [-0.05, 0) is 13.8 Å². The highest BCUT2D eigenvalue weighted by molar-refractivity contribution is 5.86. The summed E-state index contributed by atoms with van der Waals surface area (Å²) in [6.45, 7) is 5.54. The fourth-order valence-electron chi connectivity index (χ4n) is 1.40. The molecule has 110 valence electrons. The molecule has 0 aliphatic carbocycles. The predicted molar refractivity (Wildman–Crippen MR) is 68.3 cm³/mol. The summed E-state index contributed by atoms with van der Waals surface area (Å²) in [6, 6.07) is 0. The molecule has 0 radical (unpaired) electrons. The second kappa shape index (κ2) is 6.15. The molecule has 0 bridgehead atoms. The van der Waals surface area contributed by atoms with E-state index < -0.39 is 29.3 Å². The van der Waals surface area contributed by atoms with Crippen LogP contribution in [0.4, 0.5) is 0 Å². The summed E-state index contributed by atoms with van der Waals surface area (Å²) >= 11 is 0. The Balaban J connectivity index is 3.03. The number of carbonyl (C=O) groups is 1. The third-order valence-electron chi connectivity index (χ3n) is 2.38. The highest BCUT2D eigenvalue weighted by atomic mass is 16.5. The second-order valence-electron chi connectivity index (χ2n) is 4.09. The first-order valence-corrected chi connectivity index (χ1v) is 5.72. The zero-order valence-electron chi connectivity index (χ0n) is 11.1. The van der Waals surface area contributed by atoms with Crippen LogP contribution in [0.1, 0.15) is 20.1 Å². The first kappa shape index (κ1) is 15.6. The number of esters is 1. The number of ether oxygens (including phenoxy) is 1. The van der Waals surface area contributed by atoms with Crippen LogP contribution in [0.15, 0.2) is 26.5 Å². The van der Waals surface area contributed by atoms with Crippen LogP contribution in [-0.4, -0.2) is 31.8 Å². The number of hydrogen-bond acceptors (Lipinski definition) is 6. The van der Waals surface area contributed by atoms with Gasteiger partial charge in [0.2, 0.25) is 0 Å². The number of aliphatic hydroxyl groups is 1. The van der Waals surface area contributed by atoms with E-state index in [4.69, 9.17) is 4.74 Å². The minimum Gasteiger partial charge on any atom is -0.460 e. The minimum atomic E-state index is -1.39. The second-order valence-corrected chi connectivity index (χ2v) is 4.09. The molecule has 1 heterocycles. The summed E-state index contributed by atoms with van der Waals surface area (Å²) in [5.74, 6) is -0.654. The molecule has 0 aromatic carbocycles. The first-order chi connectivity index (χ1) is 9.25. The van der Waals surface area contributed by atoms with Crippen LogP contribution in [0.25, 0.3) is 0 Å². The van der Waals surface area contributed by atoms with E-state index in [0.717, 1.165) is 0 Å². The Morgan fingerprint density at radius 2 is 2.00 bits per heavy atom. The fraction of sp³-hybridized carbons (Fsp3) is 0.455. The van der Waals surface area contributed by atoms with Crippen molar-refractivity contribution in [2.24, 2.45) is 0 Å². The van der Waals surface area contributed by atoms with Gasteiger partial charge in [0.15, 0.2) is 0 Å². The van der Waals surface area contributed by atoms with Crippen molar-refractivity contribution >= 4 is 5.97 Å². The van der Waals surface area contributed by atoms with Gasteiger partial charge in [-0.15, -0.1) is 0 Å². The first-order valence-electron chi connectivity index (χ1n) is 5.72. The van der Waals surface area contributed by atoms with Gasteiger partial charge >= 0.3 is 23.0 Å². The lowest BCUT2D eigenvalue weighted by Crippen LogP contribution is -2.50. The van der Waals surface area contributed by atoms with Crippen molar-refractivity contribution < 1.29 is 14.6 Å². The molecule has 0 saturated carbocycles. The molecule has 9 nitrogen and oxygen atoms in total. The van der Waals surface area contributed by atoms with Gasteiger partial charge in [-0.25, -0.2) is 28.3 Å². The van der Waals surface area contributed by atoms with Crippen LogP contribution in [0, 0.1) is 0 Å². The van der Waals surface area contributed by atoms with E-state index in [-0.39, 0.29) is 18.7 Å². The largest absolute Gasteiger partial charge is 0.460 e. The van der Waals surface area contributed by atoms with Crippen molar-refractivity contribution in [1.82, 2.24) is 14.1 Å². The average Bonchev–Trinajstić information content (AvgIpc) is 2.31. The Morgan fingerprint density at radius 1 is 1.40 bits per heavy atom. The predicted octanol–water partition coefficient (Wildman–Crippen LogP) is -1.67. The zero-order chi connectivity index (χ0) is 15.4. The Hall–Kier alpha value is -2.42. The Labute approximate surface area is 112 Å². The summed E-state index contributed by atoms with van der Waals surface area (Å²) in [5, 5.41) is 9.32. The number of nitrogens with zero attached hydrogens (tertiary/aromatic N) is 2. The maximum Gasteiger partial charge on any atom is 0.338 e. The van der Waals surface area contributed by atoms with E-state index in [9.17, 15) is 24.3 Å². The van der Waals surface area contributed by atoms with Crippen molar-refractivity contribution in [3.05, 3.63) is 43.6 Å². The van der Waals surface area contributed by atoms with E-state index in [2.05, 4.69) is 6.58 Å². The molecule has 2 N–H and O–H groups in total. The molecule has 1 atom stereocenters. The van der Waals surface area contributed by atoms with Gasteiger partial charge in [-0.3, -0.25) is 4.98 Å². The number of carbonyl (C=O) groups excluding carboxylic acids is 1. The molecule has 1 aromatic rings. The van der Waals surface area contributed by atoms with Crippen LogP contribution < -0.4 is 17.1 Å². The molecular formula is C11H15N3O6. The fourth-order valence-corrected chi connectivity index (χ4v) is 1.40. The van der Waals surface area contributed by atoms with Crippen LogP contribution >= 0.6 is 0 Å². The van der Waals surface area contributed by atoms with Crippen molar-refractivity contribution in [2.45, 2.75) is 26.6 Å². The SMILES string of the molecule is C=C(C)C(=O)OCCn1c(=O)[nH]c(=O)n(C(C)O)c1=O. The van der Waals surface area contributed by atoms with Gasteiger partial charge < -0.3 is 9.84 Å². The third kappa shape index (κ3) is 3.32. The lowest BCUT2D eigenvalue weighted by atomic mass is 10.4. The van der Waals surface area contributed by atoms with E-state index in [0.29, 0.717) is 9.13 Å². The van der Waals surface area contributed by atoms with Crippen LogP contribution in [0.2, 0.25) is 0 Å². The number of rotatable bonds is 5. The molecule has 0 fully saturated rings. The third-order valence-corrected chi connectivity index (χ3v) is 2.38. The number of aromatic amines is 1. The molecule has 0 saturated heterocycles. The molecular weight excluding hydrogens is 270 g/mol. The molecule has 1 rings (SSSR count). The van der Waals surface area contributed by atoms with Crippen molar-refractivity contribution in [1.29, 1.82) is 0 Å². The van der Waals surface area contributed by atoms with E-state index in [1.807, 2.05) is 4.98 Å². The van der Waals surface area contributed by atoms with Gasteiger partial charge in [0, 0.05) is 5.57 Å². The Morgan fingerprint density at radius 3 is 2.50 bits per heavy atom. The number of aromatic nitrogens is 3. The lowest BCUT2D eigenvalue weighted by molar-refractivity contribution is -0.139. The van der Waals surface area contributed by atoms with E-state index >= 15 is 0 Å². The summed E-state index contributed by atoms with van der Waals surface area (Å²) in [5.41, 5.74) is -2.76. The zero-order valence-corrected chi connectivity index (χ0v) is 11.1. The summed E-state index contributed by atoms with van der Waals surface area (Å²) in [7, 11) is 0. The molecule has 0 aliphatic rings. The quantitative estimate of drug-likeness (QED) is 0.492. The van der Waals surface area contributed by atoms with E-state index in [1.54, 1.807) is 0 Å². The molecule has 1 unspecified atom stereocenters. The molecule has 0 amide bonds. The maximum atomic E-state index is 11.8. The highest BCUT2D eigenvalue weighted by Gasteiger charge is 2.13. The molecule has 9 heteroatoms. The van der Waals surface area contributed by atoms with E-state index in [1.165, 1.54) is 13.8 Å². The summed E-state index contributed by atoms with van der Waals surface area (Å²) in [4.78, 5) is 47.7. The highest BCUT2D eigenvalue weighted by Crippen LogP contribution is 1.92. The smallest absolute Gasteiger partial charge is 0.338 e. The average molecular weight is 285 g/mol. The lowest BCUT2D eigenvalue weighted by Gasteiger charge is -2.10. The monoisotopic (exact) mass is 285 g/mol. The van der Waals surface area contributed by atoms with Gasteiger partial charge in [-0.2, -0.15) is 0 Å². The topological polar surface area (TPSA) is 123 Å². The van der Waals surface area contributed by atoms with Gasteiger partial charge in [0.05, 0.1) is 6.54 Å². The van der Waals surface area contributed by atoms with Crippen LogP contribution in [0.5, 0.6) is 0 Å². The minimum absolute atomic E-state index is 0.181. The van der Waals surface area contributed by atoms with Gasteiger partial charge in [0.1, 0.15) is 12.8 Å². The van der Waals surface area contributed by atoms with Crippen molar-refractivity contribution in [3.8, 4) is 0 Å². The molecule has 0 aliphatic heterocycles. The normalized spacial score (nSPS) is 11.9.